The highest BCUT2D eigenvalue weighted by Crippen LogP contribution is 2.37. The normalized spacial score (nSPS) is 23.9. The number of hydrogen-bond acceptors (Lipinski definition) is 3. The molecule has 0 spiro atoms. The van der Waals surface area contributed by atoms with E-state index in [9.17, 15) is 8.78 Å². The van der Waals surface area contributed by atoms with Gasteiger partial charge in [-0.25, -0.2) is 8.78 Å². The third-order valence-corrected chi connectivity index (χ3v) is 5.40. The first-order valence-corrected chi connectivity index (χ1v) is 8.48. The van der Waals surface area contributed by atoms with Gasteiger partial charge in [-0.05, 0) is 56.8 Å². The van der Waals surface area contributed by atoms with Gasteiger partial charge in [0.05, 0.1) is 11.4 Å². The largest absolute Gasteiger partial charge is 0.380 e. The number of aryl methyl sites for hydroxylation is 2. The van der Waals surface area contributed by atoms with Gasteiger partial charge in [0.2, 0.25) is 0 Å². The summed E-state index contributed by atoms with van der Waals surface area (Å²) in [5.74, 6) is -0.289. The van der Waals surface area contributed by atoms with Gasteiger partial charge < -0.3 is 10.6 Å². The topological polar surface area (TPSA) is 41.9 Å². The highest BCUT2D eigenvalue weighted by atomic mass is 35.5. The number of rotatable bonds is 3. The maximum absolute atomic E-state index is 14.6. The lowest BCUT2D eigenvalue weighted by Crippen LogP contribution is -2.21. The predicted molar refractivity (Wildman–Crippen MR) is 104 cm³/mol. The van der Waals surface area contributed by atoms with Crippen molar-refractivity contribution in [3.05, 3.63) is 35.7 Å². The van der Waals surface area contributed by atoms with Gasteiger partial charge in [0, 0.05) is 30.4 Å². The Labute approximate surface area is 164 Å². The van der Waals surface area contributed by atoms with Crippen LogP contribution in [0.2, 0.25) is 0 Å². The van der Waals surface area contributed by atoms with Crippen molar-refractivity contribution in [2.75, 3.05) is 18.4 Å². The van der Waals surface area contributed by atoms with E-state index in [1.807, 2.05) is 0 Å². The molecule has 1 saturated heterocycles. The second-order valence-corrected chi connectivity index (χ2v) is 7.08. The zero-order valence-electron chi connectivity index (χ0n) is 14.8. The highest BCUT2D eigenvalue weighted by molar-refractivity contribution is 5.85. The SMILES string of the molecule is Cc1nn(C)cc1-c1ccc(NC2CC3CNCC3C2)c(F)c1F.Cl.Cl. The van der Waals surface area contributed by atoms with Crippen LogP contribution in [0.25, 0.3) is 11.1 Å². The summed E-state index contributed by atoms with van der Waals surface area (Å²) in [7, 11) is 1.77. The third-order valence-electron chi connectivity index (χ3n) is 5.40. The summed E-state index contributed by atoms with van der Waals surface area (Å²) < 4.78 is 30.7. The Hall–Kier alpha value is -1.37. The fourth-order valence-electron chi connectivity index (χ4n) is 4.24. The molecule has 2 aliphatic rings. The van der Waals surface area contributed by atoms with Crippen LogP contribution in [0.4, 0.5) is 14.5 Å². The molecule has 2 unspecified atom stereocenters. The third kappa shape index (κ3) is 3.68. The maximum atomic E-state index is 14.6. The molecule has 4 nitrogen and oxygen atoms in total. The lowest BCUT2D eigenvalue weighted by molar-refractivity contribution is 0.494. The van der Waals surface area contributed by atoms with Crippen molar-refractivity contribution < 1.29 is 8.78 Å². The molecule has 2 heterocycles. The van der Waals surface area contributed by atoms with Gasteiger partial charge in [0.15, 0.2) is 11.6 Å². The molecule has 2 N–H and O–H groups in total. The van der Waals surface area contributed by atoms with Crippen LogP contribution in [-0.4, -0.2) is 28.9 Å². The molecule has 1 aliphatic heterocycles. The van der Waals surface area contributed by atoms with Crippen molar-refractivity contribution in [1.82, 2.24) is 15.1 Å². The molecule has 1 aliphatic carbocycles. The minimum atomic E-state index is -0.809. The Balaban J connectivity index is 0.00000121. The van der Waals surface area contributed by atoms with Gasteiger partial charge in [-0.15, -0.1) is 24.8 Å². The van der Waals surface area contributed by atoms with E-state index in [1.165, 1.54) is 0 Å². The first-order chi connectivity index (χ1) is 11.5. The summed E-state index contributed by atoms with van der Waals surface area (Å²) in [5.41, 5.74) is 1.83. The van der Waals surface area contributed by atoms with Gasteiger partial charge in [-0.3, -0.25) is 4.68 Å². The summed E-state index contributed by atoms with van der Waals surface area (Å²) in [6.45, 7) is 3.88. The molecule has 144 valence electrons. The van der Waals surface area contributed by atoms with Crippen molar-refractivity contribution in [1.29, 1.82) is 0 Å². The van der Waals surface area contributed by atoms with E-state index >= 15 is 0 Å². The summed E-state index contributed by atoms with van der Waals surface area (Å²) in [6, 6.07) is 3.51. The molecule has 4 rings (SSSR count). The minimum Gasteiger partial charge on any atom is -0.380 e. The van der Waals surface area contributed by atoms with E-state index in [4.69, 9.17) is 0 Å². The van der Waals surface area contributed by atoms with Gasteiger partial charge in [-0.2, -0.15) is 5.10 Å². The van der Waals surface area contributed by atoms with Crippen LogP contribution in [0, 0.1) is 30.4 Å². The second kappa shape index (κ2) is 8.11. The standard InChI is InChI=1S/C18H22F2N4.2ClH/c1-10-15(9-24(2)23-10)14-3-4-16(18(20)17(14)19)22-13-5-11-7-21-8-12(11)6-13;;/h3-4,9,11-13,21-22H,5-8H2,1-2H3;2*1H. The molecule has 0 bridgehead atoms. The van der Waals surface area contributed by atoms with Crippen LogP contribution in [0.15, 0.2) is 18.3 Å². The number of halogens is 4. The fraction of sp³-hybridized carbons (Fsp3) is 0.500. The average Bonchev–Trinajstić information content (AvgIpc) is 3.19. The average molecular weight is 405 g/mol. The van der Waals surface area contributed by atoms with E-state index in [0.717, 1.165) is 25.9 Å². The molecule has 2 fully saturated rings. The summed E-state index contributed by atoms with van der Waals surface area (Å²) in [4.78, 5) is 0. The molecular formula is C18H24Cl2F2N4. The lowest BCUT2D eigenvalue weighted by Gasteiger charge is -2.17. The Bertz CT molecular complexity index is 769. The molecule has 1 saturated carbocycles. The van der Waals surface area contributed by atoms with Crippen molar-refractivity contribution in [2.24, 2.45) is 18.9 Å². The van der Waals surface area contributed by atoms with Crippen molar-refractivity contribution >= 4 is 30.5 Å². The fourth-order valence-corrected chi connectivity index (χ4v) is 4.24. The van der Waals surface area contributed by atoms with Gasteiger partial charge in [0.25, 0.3) is 0 Å². The molecular weight excluding hydrogens is 381 g/mol. The molecule has 1 aromatic carbocycles. The number of nitrogens with one attached hydrogen (secondary N) is 2. The van der Waals surface area contributed by atoms with Gasteiger partial charge in [-0.1, -0.05) is 0 Å². The molecule has 8 heteroatoms. The van der Waals surface area contributed by atoms with Crippen molar-refractivity contribution in [3.8, 4) is 11.1 Å². The van der Waals surface area contributed by atoms with Gasteiger partial charge >= 0.3 is 0 Å². The molecule has 26 heavy (non-hydrogen) atoms. The Morgan fingerprint density at radius 3 is 2.31 bits per heavy atom. The lowest BCUT2D eigenvalue weighted by atomic mass is 10.0. The van der Waals surface area contributed by atoms with Crippen LogP contribution in [0.1, 0.15) is 18.5 Å². The molecule has 2 aromatic rings. The van der Waals surface area contributed by atoms with Crippen molar-refractivity contribution in [2.45, 2.75) is 25.8 Å². The molecule has 0 radical (unpaired) electrons. The Morgan fingerprint density at radius 1 is 1.08 bits per heavy atom. The summed E-state index contributed by atoms with van der Waals surface area (Å²) >= 11 is 0. The first kappa shape index (κ1) is 20.9. The summed E-state index contributed by atoms with van der Waals surface area (Å²) in [5, 5.41) is 10.8. The van der Waals surface area contributed by atoms with Crippen LogP contribution in [0.3, 0.4) is 0 Å². The van der Waals surface area contributed by atoms with Crippen LogP contribution in [-0.2, 0) is 7.05 Å². The quantitative estimate of drug-likeness (QED) is 0.814. The number of benzene rings is 1. The monoisotopic (exact) mass is 404 g/mol. The number of hydrogen-bond donors (Lipinski definition) is 2. The number of anilines is 1. The van der Waals surface area contributed by atoms with E-state index in [0.29, 0.717) is 23.1 Å². The van der Waals surface area contributed by atoms with Crippen LogP contribution < -0.4 is 10.6 Å². The Kier molecular flexibility index (Phi) is 6.53. The number of aromatic nitrogens is 2. The van der Waals surface area contributed by atoms with Crippen LogP contribution >= 0.6 is 24.8 Å². The van der Waals surface area contributed by atoms with E-state index < -0.39 is 11.6 Å². The second-order valence-electron chi connectivity index (χ2n) is 7.08. The Morgan fingerprint density at radius 2 is 1.73 bits per heavy atom. The van der Waals surface area contributed by atoms with Crippen molar-refractivity contribution in [3.63, 3.8) is 0 Å². The molecule has 0 amide bonds. The first-order valence-electron chi connectivity index (χ1n) is 8.48. The smallest absolute Gasteiger partial charge is 0.182 e. The maximum Gasteiger partial charge on any atom is 0.182 e. The van der Waals surface area contributed by atoms with E-state index in [1.54, 1.807) is 37.0 Å². The molecule has 2 atom stereocenters. The zero-order chi connectivity index (χ0) is 16.8. The van der Waals surface area contributed by atoms with E-state index in [2.05, 4.69) is 15.7 Å². The number of fused-ring (bicyclic) bond motifs is 1. The minimum absolute atomic E-state index is 0. The highest BCUT2D eigenvalue weighted by Gasteiger charge is 2.37. The predicted octanol–water partition coefficient (Wildman–Crippen LogP) is 3.93. The van der Waals surface area contributed by atoms with Gasteiger partial charge in [0.1, 0.15) is 0 Å². The number of nitrogens with zero attached hydrogens (tertiary/aromatic N) is 2. The van der Waals surface area contributed by atoms with E-state index in [-0.39, 0.29) is 42.1 Å². The summed E-state index contributed by atoms with van der Waals surface area (Å²) in [6.07, 6.45) is 3.75. The van der Waals surface area contributed by atoms with Crippen LogP contribution in [0.5, 0.6) is 0 Å². The molecule has 1 aromatic heterocycles. The zero-order valence-corrected chi connectivity index (χ0v) is 16.4.